The van der Waals surface area contributed by atoms with E-state index in [2.05, 4.69) is 19.2 Å². The number of hydrogen-bond donors (Lipinski definition) is 1. The lowest BCUT2D eigenvalue weighted by Gasteiger charge is -2.19. The number of carbonyl (C=O) groups excluding carboxylic acids is 1. The summed E-state index contributed by atoms with van der Waals surface area (Å²) in [6, 6.07) is 13.2. The van der Waals surface area contributed by atoms with Crippen molar-refractivity contribution in [2.24, 2.45) is 0 Å². The Hall–Kier alpha value is -2.00. The summed E-state index contributed by atoms with van der Waals surface area (Å²) in [5.74, 6) is 0.330. The van der Waals surface area contributed by atoms with Gasteiger partial charge in [0.25, 0.3) is 5.91 Å². The fourth-order valence-electron chi connectivity index (χ4n) is 2.41. The van der Waals surface area contributed by atoms with Gasteiger partial charge in [0.15, 0.2) is 6.10 Å². The molecule has 0 aromatic heterocycles. The van der Waals surface area contributed by atoms with Crippen molar-refractivity contribution in [2.45, 2.75) is 39.7 Å². The van der Waals surface area contributed by atoms with Gasteiger partial charge < -0.3 is 10.1 Å². The molecule has 0 heterocycles. The zero-order chi connectivity index (χ0) is 16.8. The van der Waals surface area contributed by atoms with E-state index in [0.717, 1.165) is 29.7 Å². The molecule has 23 heavy (non-hydrogen) atoms. The maximum atomic E-state index is 12.5. The smallest absolute Gasteiger partial charge is 0.265 e. The van der Waals surface area contributed by atoms with Gasteiger partial charge in [0.2, 0.25) is 0 Å². The molecule has 1 unspecified atom stereocenters. The molecule has 0 aliphatic heterocycles. The third-order valence-corrected chi connectivity index (χ3v) is 4.07. The predicted molar refractivity (Wildman–Crippen MR) is 95.4 cm³/mol. The molecule has 0 aliphatic carbocycles. The fourth-order valence-corrected chi connectivity index (χ4v) is 2.59. The Balaban J connectivity index is 2.14. The van der Waals surface area contributed by atoms with Crippen LogP contribution in [0.1, 0.15) is 31.9 Å². The number of benzene rings is 2. The van der Waals surface area contributed by atoms with Gasteiger partial charge in [-0.2, -0.15) is 0 Å². The summed E-state index contributed by atoms with van der Waals surface area (Å²) in [4.78, 5) is 12.5. The molecule has 1 atom stereocenters. The number of para-hydroxylation sites is 2. The monoisotopic (exact) mass is 331 g/mol. The van der Waals surface area contributed by atoms with E-state index in [1.54, 1.807) is 19.1 Å². The van der Waals surface area contributed by atoms with Crippen molar-refractivity contribution in [2.75, 3.05) is 5.32 Å². The average molecular weight is 332 g/mol. The van der Waals surface area contributed by atoms with Crippen LogP contribution in [0.2, 0.25) is 5.02 Å². The van der Waals surface area contributed by atoms with E-state index in [-0.39, 0.29) is 5.91 Å². The van der Waals surface area contributed by atoms with E-state index in [0.29, 0.717) is 10.8 Å². The van der Waals surface area contributed by atoms with Crippen LogP contribution >= 0.6 is 11.6 Å². The van der Waals surface area contributed by atoms with Crippen molar-refractivity contribution >= 4 is 23.2 Å². The molecule has 0 radical (unpaired) electrons. The van der Waals surface area contributed by atoms with Crippen molar-refractivity contribution < 1.29 is 9.53 Å². The third-order valence-electron chi connectivity index (χ3n) is 3.76. The Kier molecular flexibility index (Phi) is 6.05. The van der Waals surface area contributed by atoms with Crippen LogP contribution in [-0.2, 0) is 17.6 Å². The highest BCUT2D eigenvalue weighted by Gasteiger charge is 2.18. The second kappa shape index (κ2) is 8.02. The van der Waals surface area contributed by atoms with Gasteiger partial charge >= 0.3 is 0 Å². The van der Waals surface area contributed by atoms with Crippen LogP contribution in [0, 0.1) is 0 Å². The summed E-state index contributed by atoms with van der Waals surface area (Å²) >= 11 is 6.07. The molecule has 1 amide bonds. The topological polar surface area (TPSA) is 38.3 Å². The molecular weight excluding hydrogens is 310 g/mol. The molecule has 0 saturated carbocycles. The zero-order valence-electron chi connectivity index (χ0n) is 13.7. The minimum atomic E-state index is -0.635. The van der Waals surface area contributed by atoms with E-state index >= 15 is 0 Å². The van der Waals surface area contributed by atoms with Gasteiger partial charge in [-0.05, 0) is 43.0 Å². The van der Waals surface area contributed by atoms with E-state index in [1.165, 1.54) is 0 Å². The number of halogens is 1. The van der Waals surface area contributed by atoms with E-state index in [1.807, 2.05) is 30.3 Å². The lowest BCUT2D eigenvalue weighted by molar-refractivity contribution is -0.122. The third kappa shape index (κ3) is 4.26. The molecule has 2 rings (SSSR count). The summed E-state index contributed by atoms with van der Waals surface area (Å²) in [6.07, 6.45) is 1.09. The first-order valence-electron chi connectivity index (χ1n) is 7.89. The van der Waals surface area contributed by atoms with Crippen LogP contribution in [0.3, 0.4) is 0 Å². The predicted octanol–water partition coefficient (Wildman–Crippen LogP) is 4.87. The number of nitrogens with one attached hydrogen (secondary N) is 1. The van der Waals surface area contributed by atoms with Crippen molar-refractivity contribution in [3.8, 4) is 5.75 Å². The number of anilines is 1. The van der Waals surface area contributed by atoms with Crippen LogP contribution < -0.4 is 10.1 Å². The van der Waals surface area contributed by atoms with Gasteiger partial charge in [-0.25, -0.2) is 0 Å². The molecule has 0 spiro atoms. The zero-order valence-corrected chi connectivity index (χ0v) is 14.5. The van der Waals surface area contributed by atoms with Crippen LogP contribution in [0.5, 0.6) is 5.75 Å². The molecular formula is C19H22ClNO2. The highest BCUT2D eigenvalue weighted by atomic mass is 35.5. The molecule has 3 nitrogen and oxygen atoms in total. The van der Waals surface area contributed by atoms with Crippen LogP contribution in [0.15, 0.2) is 42.5 Å². The second-order valence-corrected chi connectivity index (χ2v) is 5.75. The van der Waals surface area contributed by atoms with E-state index in [9.17, 15) is 4.79 Å². The molecule has 122 valence electrons. The molecule has 2 aromatic carbocycles. The molecule has 1 N–H and O–H groups in total. The number of aryl methyl sites for hydroxylation is 2. The SMILES string of the molecule is CCc1cccc(CC)c1NC(=O)C(C)Oc1ccccc1Cl. The minimum absolute atomic E-state index is 0.180. The van der Waals surface area contributed by atoms with Gasteiger partial charge in [0, 0.05) is 5.69 Å². The van der Waals surface area contributed by atoms with Gasteiger partial charge in [-0.15, -0.1) is 0 Å². The van der Waals surface area contributed by atoms with Gasteiger partial charge in [-0.1, -0.05) is 55.8 Å². The van der Waals surface area contributed by atoms with Crippen molar-refractivity contribution in [1.29, 1.82) is 0 Å². The quantitative estimate of drug-likeness (QED) is 0.820. The highest BCUT2D eigenvalue weighted by Crippen LogP contribution is 2.26. The Morgan fingerprint density at radius 1 is 1.09 bits per heavy atom. The minimum Gasteiger partial charge on any atom is -0.479 e. The fraction of sp³-hybridized carbons (Fsp3) is 0.316. The van der Waals surface area contributed by atoms with Crippen molar-refractivity contribution in [3.05, 3.63) is 58.6 Å². The lowest BCUT2D eigenvalue weighted by atomic mass is 10.0. The second-order valence-electron chi connectivity index (χ2n) is 5.34. The molecule has 0 fully saturated rings. The molecule has 0 bridgehead atoms. The first-order chi connectivity index (χ1) is 11.1. The Morgan fingerprint density at radius 2 is 1.70 bits per heavy atom. The Labute approximate surface area is 142 Å². The summed E-state index contributed by atoms with van der Waals surface area (Å²) in [5.41, 5.74) is 3.15. The average Bonchev–Trinajstić information content (AvgIpc) is 2.56. The molecule has 0 aliphatic rings. The maximum absolute atomic E-state index is 12.5. The van der Waals surface area contributed by atoms with Crippen LogP contribution in [-0.4, -0.2) is 12.0 Å². The van der Waals surface area contributed by atoms with Crippen LogP contribution in [0.4, 0.5) is 5.69 Å². The Bertz CT molecular complexity index is 663. The van der Waals surface area contributed by atoms with Crippen LogP contribution in [0.25, 0.3) is 0 Å². The van der Waals surface area contributed by atoms with Gasteiger partial charge in [0.05, 0.1) is 5.02 Å². The summed E-state index contributed by atoms with van der Waals surface area (Å²) in [5, 5.41) is 3.51. The largest absolute Gasteiger partial charge is 0.479 e. The van der Waals surface area contributed by atoms with E-state index in [4.69, 9.17) is 16.3 Å². The van der Waals surface area contributed by atoms with Gasteiger partial charge in [0.1, 0.15) is 5.75 Å². The van der Waals surface area contributed by atoms with Crippen molar-refractivity contribution in [1.82, 2.24) is 0 Å². The number of carbonyl (C=O) groups is 1. The van der Waals surface area contributed by atoms with Crippen molar-refractivity contribution in [3.63, 3.8) is 0 Å². The number of rotatable bonds is 6. The highest BCUT2D eigenvalue weighted by molar-refractivity contribution is 6.32. The molecule has 0 saturated heterocycles. The number of ether oxygens (including phenoxy) is 1. The Morgan fingerprint density at radius 3 is 2.26 bits per heavy atom. The summed E-state index contributed by atoms with van der Waals surface area (Å²) < 4.78 is 5.68. The molecule has 2 aromatic rings. The van der Waals surface area contributed by atoms with E-state index < -0.39 is 6.10 Å². The lowest BCUT2D eigenvalue weighted by Crippen LogP contribution is -2.31. The maximum Gasteiger partial charge on any atom is 0.265 e. The first-order valence-corrected chi connectivity index (χ1v) is 8.27. The molecule has 4 heteroatoms. The summed E-state index contributed by atoms with van der Waals surface area (Å²) in [7, 11) is 0. The number of hydrogen-bond acceptors (Lipinski definition) is 2. The van der Waals surface area contributed by atoms with Gasteiger partial charge in [-0.3, -0.25) is 4.79 Å². The normalized spacial score (nSPS) is 11.8. The number of amides is 1. The standard InChI is InChI=1S/C19H22ClNO2/c1-4-14-9-8-10-15(5-2)18(14)21-19(22)13(3)23-17-12-7-6-11-16(17)20/h6-13H,4-5H2,1-3H3,(H,21,22). The first kappa shape index (κ1) is 17.4. The summed E-state index contributed by atoms with van der Waals surface area (Å²) in [6.45, 7) is 5.88.